The van der Waals surface area contributed by atoms with Crippen molar-refractivity contribution in [3.05, 3.63) is 18.2 Å². The molecule has 0 unspecified atom stereocenters. The molecule has 1 rings (SSSR count). The van der Waals surface area contributed by atoms with E-state index < -0.39 is 0 Å². The molecule has 0 fully saturated rings. The third-order valence-corrected chi connectivity index (χ3v) is 2.73. The Morgan fingerprint density at radius 3 is 2.64 bits per heavy atom. The highest BCUT2D eigenvalue weighted by atomic mass is 16.3. The summed E-state index contributed by atoms with van der Waals surface area (Å²) in [7, 11) is 4.10. The fourth-order valence-corrected chi connectivity index (χ4v) is 1.18. The van der Waals surface area contributed by atoms with Crippen LogP contribution in [0.5, 0.6) is 0 Å². The molecule has 4 nitrogen and oxygen atoms in total. The minimum Gasteiger partial charge on any atom is -0.390 e. The monoisotopic (exact) mass is 197 g/mol. The molecule has 80 valence electrons. The highest BCUT2D eigenvalue weighted by Gasteiger charge is 2.21. The Bertz CT molecular complexity index is 291. The van der Waals surface area contributed by atoms with Crippen LogP contribution in [0.2, 0.25) is 0 Å². The Balaban J connectivity index is 2.78. The summed E-state index contributed by atoms with van der Waals surface area (Å²) >= 11 is 0. The predicted molar refractivity (Wildman–Crippen MR) is 55.9 cm³/mol. The van der Waals surface area contributed by atoms with Crippen molar-refractivity contribution in [2.45, 2.75) is 32.5 Å². The Hall–Kier alpha value is -0.870. The van der Waals surface area contributed by atoms with Crippen LogP contribution in [0.1, 0.15) is 19.5 Å². The number of aliphatic hydroxyl groups excluding tert-OH is 1. The van der Waals surface area contributed by atoms with E-state index in [1.165, 1.54) is 0 Å². The average Bonchev–Trinajstić information content (AvgIpc) is 2.50. The number of imidazole rings is 1. The van der Waals surface area contributed by atoms with Crippen LogP contribution in [0, 0.1) is 0 Å². The van der Waals surface area contributed by atoms with Gasteiger partial charge in [0.2, 0.25) is 0 Å². The SMILES string of the molecule is CN(C)C(C)(C)Cn1cncc1CO. The van der Waals surface area contributed by atoms with Gasteiger partial charge in [0.15, 0.2) is 0 Å². The summed E-state index contributed by atoms with van der Waals surface area (Å²) in [5, 5.41) is 9.07. The molecule has 1 N–H and O–H groups in total. The van der Waals surface area contributed by atoms with Crippen molar-refractivity contribution in [2.24, 2.45) is 0 Å². The first-order valence-corrected chi connectivity index (χ1v) is 4.74. The van der Waals surface area contributed by atoms with E-state index in [4.69, 9.17) is 5.11 Å². The lowest BCUT2D eigenvalue weighted by molar-refractivity contribution is 0.164. The number of aromatic nitrogens is 2. The quantitative estimate of drug-likeness (QED) is 0.773. The van der Waals surface area contributed by atoms with Crippen LogP contribution in [-0.4, -0.2) is 39.2 Å². The highest BCUT2D eigenvalue weighted by molar-refractivity contribution is 4.98. The van der Waals surface area contributed by atoms with Crippen molar-refractivity contribution in [1.29, 1.82) is 0 Å². The largest absolute Gasteiger partial charge is 0.390 e. The van der Waals surface area contributed by atoms with E-state index in [0.717, 1.165) is 12.2 Å². The predicted octanol–water partition coefficient (Wildman–Crippen LogP) is 0.716. The van der Waals surface area contributed by atoms with Gasteiger partial charge in [-0.2, -0.15) is 0 Å². The van der Waals surface area contributed by atoms with E-state index in [2.05, 4.69) is 37.8 Å². The molecule has 14 heavy (non-hydrogen) atoms. The highest BCUT2D eigenvalue weighted by Crippen LogP contribution is 2.14. The van der Waals surface area contributed by atoms with Gasteiger partial charge in [0.05, 0.1) is 24.8 Å². The Labute approximate surface area is 85.2 Å². The molecule has 0 amide bonds. The molecular weight excluding hydrogens is 178 g/mol. The number of hydrogen-bond donors (Lipinski definition) is 1. The average molecular weight is 197 g/mol. The van der Waals surface area contributed by atoms with Gasteiger partial charge in [0.1, 0.15) is 0 Å². The fourth-order valence-electron chi connectivity index (χ4n) is 1.18. The van der Waals surface area contributed by atoms with Crippen LogP contribution >= 0.6 is 0 Å². The van der Waals surface area contributed by atoms with Gasteiger partial charge in [-0.25, -0.2) is 4.98 Å². The summed E-state index contributed by atoms with van der Waals surface area (Å²) < 4.78 is 1.99. The Morgan fingerprint density at radius 1 is 1.50 bits per heavy atom. The van der Waals surface area contributed by atoms with Crippen LogP contribution in [-0.2, 0) is 13.2 Å². The van der Waals surface area contributed by atoms with Crippen LogP contribution in [0.4, 0.5) is 0 Å². The maximum absolute atomic E-state index is 9.07. The summed E-state index contributed by atoms with van der Waals surface area (Å²) in [6.07, 6.45) is 3.46. The summed E-state index contributed by atoms with van der Waals surface area (Å²) in [4.78, 5) is 6.18. The maximum atomic E-state index is 9.07. The molecule has 0 spiro atoms. The third-order valence-electron chi connectivity index (χ3n) is 2.73. The van der Waals surface area contributed by atoms with E-state index in [1.54, 1.807) is 12.5 Å². The molecule has 0 bridgehead atoms. The number of rotatable bonds is 4. The first-order chi connectivity index (χ1) is 6.47. The molecule has 0 aliphatic carbocycles. The van der Waals surface area contributed by atoms with Gasteiger partial charge in [-0.1, -0.05) is 0 Å². The van der Waals surface area contributed by atoms with Crippen molar-refractivity contribution in [2.75, 3.05) is 14.1 Å². The molecule has 1 heterocycles. The zero-order valence-corrected chi connectivity index (χ0v) is 9.36. The van der Waals surface area contributed by atoms with Gasteiger partial charge in [-0.15, -0.1) is 0 Å². The van der Waals surface area contributed by atoms with Crippen molar-refractivity contribution < 1.29 is 5.11 Å². The second kappa shape index (κ2) is 4.11. The van der Waals surface area contributed by atoms with E-state index in [-0.39, 0.29) is 12.1 Å². The minimum absolute atomic E-state index is 0.0451. The molecule has 0 aliphatic heterocycles. The molecule has 0 aromatic carbocycles. The van der Waals surface area contributed by atoms with Gasteiger partial charge in [-0.05, 0) is 27.9 Å². The smallest absolute Gasteiger partial charge is 0.0949 e. The van der Waals surface area contributed by atoms with E-state index in [0.29, 0.717) is 0 Å². The summed E-state index contributed by atoms with van der Waals surface area (Å²) in [5.41, 5.74) is 0.921. The van der Waals surface area contributed by atoms with E-state index in [1.807, 2.05) is 4.57 Å². The van der Waals surface area contributed by atoms with Crippen LogP contribution in [0.15, 0.2) is 12.5 Å². The zero-order valence-electron chi connectivity index (χ0n) is 9.36. The van der Waals surface area contributed by atoms with Crippen LogP contribution in [0.25, 0.3) is 0 Å². The van der Waals surface area contributed by atoms with Gasteiger partial charge in [0, 0.05) is 12.1 Å². The van der Waals surface area contributed by atoms with E-state index in [9.17, 15) is 0 Å². The summed E-state index contributed by atoms with van der Waals surface area (Å²) in [6.45, 7) is 5.20. The number of nitrogens with zero attached hydrogens (tertiary/aromatic N) is 3. The lowest BCUT2D eigenvalue weighted by Gasteiger charge is -2.33. The lowest BCUT2D eigenvalue weighted by atomic mass is 10.0. The summed E-state index contributed by atoms with van der Waals surface area (Å²) in [5.74, 6) is 0. The molecule has 1 aromatic heterocycles. The molecular formula is C10H19N3O. The Morgan fingerprint density at radius 2 is 2.14 bits per heavy atom. The number of hydrogen-bond acceptors (Lipinski definition) is 3. The Kier molecular flexibility index (Phi) is 3.29. The minimum atomic E-state index is 0.0451. The first-order valence-electron chi connectivity index (χ1n) is 4.74. The van der Waals surface area contributed by atoms with Crippen molar-refractivity contribution >= 4 is 0 Å². The topological polar surface area (TPSA) is 41.3 Å². The van der Waals surface area contributed by atoms with Gasteiger partial charge in [-0.3, -0.25) is 0 Å². The van der Waals surface area contributed by atoms with Gasteiger partial charge >= 0.3 is 0 Å². The lowest BCUT2D eigenvalue weighted by Crippen LogP contribution is -2.42. The van der Waals surface area contributed by atoms with Crippen molar-refractivity contribution in [1.82, 2.24) is 14.5 Å². The maximum Gasteiger partial charge on any atom is 0.0949 e. The van der Waals surface area contributed by atoms with Crippen molar-refractivity contribution in [3.8, 4) is 0 Å². The van der Waals surface area contributed by atoms with E-state index >= 15 is 0 Å². The summed E-state index contributed by atoms with van der Waals surface area (Å²) in [6, 6.07) is 0. The van der Waals surface area contributed by atoms with Gasteiger partial charge in [0.25, 0.3) is 0 Å². The standard InChI is InChI=1S/C10H19N3O/c1-10(2,12(3)4)7-13-8-11-5-9(13)6-14/h5,8,14H,6-7H2,1-4H3. The van der Waals surface area contributed by atoms with Crippen LogP contribution < -0.4 is 0 Å². The second-order valence-electron chi connectivity index (χ2n) is 4.38. The third kappa shape index (κ3) is 2.33. The number of aliphatic hydroxyl groups is 1. The number of likely N-dealkylation sites (N-methyl/N-ethyl adjacent to an activating group) is 1. The second-order valence-corrected chi connectivity index (χ2v) is 4.38. The molecule has 0 radical (unpaired) electrons. The van der Waals surface area contributed by atoms with Crippen LogP contribution in [0.3, 0.4) is 0 Å². The molecule has 1 aromatic rings. The normalized spacial score (nSPS) is 12.4. The molecule has 0 saturated heterocycles. The molecule has 4 heteroatoms. The molecule has 0 saturated carbocycles. The molecule has 0 aliphatic rings. The fraction of sp³-hybridized carbons (Fsp3) is 0.700. The first kappa shape index (κ1) is 11.2. The molecule has 0 atom stereocenters. The van der Waals surface area contributed by atoms with Gasteiger partial charge < -0.3 is 14.6 Å². The van der Waals surface area contributed by atoms with Crippen molar-refractivity contribution in [3.63, 3.8) is 0 Å². The zero-order chi connectivity index (χ0) is 10.8.